The highest BCUT2D eigenvalue weighted by molar-refractivity contribution is 7.98. The van der Waals surface area contributed by atoms with Gasteiger partial charge in [0.25, 0.3) is 5.91 Å². The lowest BCUT2D eigenvalue weighted by atomic mass is 10.1. The van der Waals surface area contributed by atoms with Gasteiger partial charge >= 0.3 is 0 Å². The van der Waals surface area contributed by atoms with Crippen LogP contribution in [0.5, 0.6) is 0 Å². The molecular formula is C27H29Cl2N5OS. The largest absolute Gasteiger partial charge is 0.368 e. The van der Waals surface area contributed by atoms with Crippen LogP contribution in [0.2, 0.25) is 10.2 Å². The Hall–Kier alpha value is -2.48. The van der Waals surface area contributed by atoms with Crippen molar-refractivity contribution < 1.29 is 4.79 Å². The van der Waals surface area contributed by atoms with Gasteiger partial charge in [-0.05, 0) is 55.2 Å². The zero-order chi connectivity index (χ0) is 24.9. The minimum atomic E-state index is 0.132. The van der Waals surface area contributed by atoms with E-state index in [0.717, 1.165) is 79.8 Å². The summed E-state index contributed by atoms with van der Waals surface area (Å²) in [4.78, 5) is 28.5. The van der Waals surface area contributed by atoms with Gasteiger partial charge in [0.2, 0.25) is 0 Å². The number of anilines is 2. The molecule has 6 nitrogen and oxygen atoms in total. The fourth-order valence-corrected chi connectivity index (χ4v) is 5.87. The third-order valence-electron chi connectivity index (χ3n) is 6.65. The van der Waals surface area contributed by atoms with Crippen molar-refractivity contribution in [3.63, 3.8) is 0 Å². The molecule has 0 N–H and O–H groups in total. The van der Waals surface area contributed by atoms with Crippen LogP contribution in [0.1, 0.15) is 35.2 Å². The number of rotatable bonds is 6. The highest BCUT2D eigenvalue weighted by Crippen LogP contribution is 2.27. The van der Waals surface area contributed by atoms with E-state index in [9.17, 15) is 4.79 Å². The average Bonchev–Trinajstić information content (AvgIpc) is 2.92. The topological polar surface area (TPSA) is 52.6 Å². The Morgan fingerprint density at radius 1 is 0.833 bits per heavy atom. The summed E-state index contributed by atoms with van der Waals surface area (Å²) in [6.07, 6.45) is 3.41. The van der Waals surface area contributed by atoms with E-state index < -0.39 is 0 Å². The molecule has 9 heteroatoms. The van der Waals surface area contributed by atoms with Crippen LogP contribution in [0.3, 0.4) is 0 Å². The minimum Gasteiger partial charge on any atom is -0.368 e. The monoisotopic (exact) mass is 541 g/mol. The molecule has 2 aliphatic rings. The van der Waals surface area contributed by atoms with Gasteiger partial charge in [-0.15, -0.1) is 0 Å². The van der Waals surface area contributed by atoms with Gasteiger partial charge in [-0.25, -0.2) is 9.97 Å². The first-order chi connectivity index (χ1) is 17.5. The van der Waals surface area contributed by atoms with Crippen LogP contribution >= 0.6 is 35.0 Å². The number of hydrogen-bond acceptors (Lipinski definition) is 6. The van der Waals surface area contributed by atoms with E-state index in [-0.39, 0.29) is 5.91 Å². The third kappa shape index (κ3) is 6.25. The lowest BCUT2D eigenvalue weighted by Gasteiger charge is -2.36. The number of hydrogen-bond donors (Lipinski definition) is 0. The van der Waals surface area contributed by atoms with Gasteiger partial charge in [0, 0.05) is 67.4 Å². The Morgan fingerprint density at radius 3 is 2.28 bits per heavy atom. The molecule has 0 bridgehead atoms. The second-order valence-electron chi connectivity index (χ2n) is 9.12. The molecule has 5 rings (SSSR count). The first kappa shape index (κ1) is 25.2. The Bertz CT molecular complexity index is 1200. The second kappa shape index (κ2) is 11.7. The highest BCUT2D eigenvalue weighted by Gasteiger charge is 2.20. The number of thioether (sulfide) groups is 1. The predicted molar refractivity (Wildman–Crippen MR) is 149 cm³/mol. The van der Waals surface area contributed by atoms with E-state index >= 15 is 0 Å². The number of likely N-dealkylation sites (tertiary alicyclic amines) is 1. The molecule has 3 aromatic rings. The molecule has 36 heavy (non-hydrogen) atoms. The number of aromatic nitrogens is 2. The van der Waals surface area contributed by atoms with Crippen molar-refractivity contribution in [2.75, 3.05) is 49.1 Å². The Kier molecular flexibility index (Phi) is 8.19. The van der Waals surface area contributed by atoms with E-state index in [1.54, 1.807) is 11.8 Å². The van der Waals surface area contributed by atoms with Crippen LogP contribution < -0.4 is 9.80 Å². The normalized spacial score (nSPS) is 16.3. The standard InChI is InChI=1S/C27H29Cl2N5OS/c28-22-5-4-6-23(17-22)32-13-15-33(16-14-32)25-18-24(29)30-27(31-25)36-19-20-7-9-21(10-8-20)26(35)34-11-2-1-3-12-34/h4-10,17-18H,1-3,11-16,19H2. The van der Waals surface area contributed by atoms with Crippen LogP contribution in [0.15, 0.2) is 59.8 Å². The zero-order valence-corrected chi connectivity index (χ0v) is 22.4. The van der Waals surface area contributed by atoms with Gasteiger partial charge < -0.3 is 14.7 Å². The molecule has 0 radical (unpaired) electrons. The van der Waals surface area contributed by atoms with Crippen molar-refractivity contribution in [2.45, 2.75) is 30.2 Å². The Labute approximate surface area is 226 Å². The van der Waals surface area contributed by atoms with E-state index in [0.29, 0.717) is 16.1 Å². The number of piperazine rings is 1. The van der Waals surface area contributed by atoms with Gasteiger partial charge in [-0.1, -0.05) is 53.2 Å². The Balaban J connectivity index is 1.18. The van der Waals surface area contributed by atoms with E-state index in [1.165, 1.54) is 6.42 Å². The van der Waals surface area contributed by atoms with Gasteiger partial charge in [-0.3, -0.25) is 4.79 Å². The Morgan fingerprint density at radius 2 is 1.56 bits per heavy atom. The maximum atomic E-state index is 12.7. The molecule has 188 valence electrons. The van der Waals surface area contributed by atoms with Crippen LogP contribution in [-0.2, 0) is 5.75 Å². The van der Waals surface area contributed by atoms with Gasteiger partial charge in [0.1, 0.15) is 11.0 Å². The zero-order valence-electron chi connectivity index (χ0n) is 20.1. The van der Waals surface area contributed by atoms with Gasteiger partial charge in [0.05, 0.1) is 0 Å². The SMILES string of the molecule is O=C(c1ccc(CSc2nc(Cl)cc(N3CCN(c4cccc(Cl)c4)CC3)n2)cc1)N1CCCCC1. The predicted octanol–water partition coefficient (Wildman–Crippen LogP) is 6.03. The molecule has 2 fully saturated rings. The molecule has 2 aliphatic heterocycles. The molecule has 0 spiro atoms. The van der Waals surface area contributed by atoms with Crippen molar-refractivity contribution in [1.82, 2.24) is 14.9 Å². The van der Waals surface area contributed by atoms with Gasteiger partial charge in [0.15, 0.2) is 5.16 Å². The number of nitrogens with zero attached hydrogens (tertiary/aromatic N) is 5. The lowest BCUT2D eigenvalue weighted by Crippen LogP contribution is -2.46. The number of amides is 1. The number of benzene rings is 2. The molecule has 0 aliphatic carbocycles. The summed E-state index contributed by atoms with van der Waals surface area (Å²) in [5, 5.41) is 1.85. The van der Waals surface area contributed by atoms with E-state index in [2.05, 4.69) is 20.9 Å². The molecule has 1 aromatic heterocycles. The molecule has 2 aromatic carbocycles. The van der Waals surface area contributed by atoms with Crippen molar-refractivity contribution in [3.05, 3.63) is 75.9 Å². The highest BCUT2D eigenvalue weighted by atomic mass is 35.5. The molecule has 0 atom stereocenters. The summed E-state index contributed by atoms with van der Waals surface area (Å²) in [5.74, 6) is 1.69. The fourth-order valence-electron chi connectivity index (χ4n) is 4.65. The smallest absolute Gasteiger partial charge is 0.253 e. The summed E-state index contributed by atoms with van der Waals surface area (Å²) < 4.78 is 0. The van der Waals surface area contributed by atoms with Crippen LogP contribution in [0, 0.1) is 0 Å². The fraction of sp³-hybridized carbons (Fsp3) is 0.370. The molecule has 0 unspecified atom stereocenters. The molecule has 1 amide bonds. The molecule has 3 heterocycles. The first-order valence-electron chi connectivity index (χ1n) is 12.4. The average molecular weight is 543 g/mol. The maximum Gasteiger partial charge on any atom is 0.253 e. The van der Waals surface area contributed by atoms with Crippen LogP contribution in [0.25, 0.3) is 0 Å². The third-order valence-corrected chi connectivity index (χ3v) is 8.00. The molecular weight excluding hydrogens is 513 g/mol. The number of carbonyl (C=O) groups is 1. The number of piperidine rings is 1. The quantitative estimate of drug-likeness (QED) is 0.216. The van der Waals surface area contributed by atoms with Crippen molar-refractivity contribution >= 4 is 52.4 Å². The van der Waals surface area contributed by atoms with E-state index in [4.69, 9.17) is 28.2 Å². The van der Waals surface area contributed by atoms with Crippen molar-refractivity contribution in [3.8, 4) is 0 Å². The van der Waals surface area contributed by atoms with E-state index in [1.807, 2.05) is 53.4 Å². The lowest BCUT2D eigenvalue weighted by molar-refractivity contribution is 0.0724. The first-order valence-corrected chi connectivity index (χ1v) is 14.1. The van der Waals surface area contributed by atoms with Crippen LogP contribution in [-0.4, -0.2) is 60.0 Å². The maximum absolute atomic E-state index is 12.7. The van der Waals surface area contributed by atoms with Crippen molar-refractivity contribution in [1.29, 1.82) is 0 Å². The van der Waals surface area contributed by atoms with Gasteiger partial charge in [-0.2, -0.15) is 0 Å². The summed E-state index contributed by atoms with van der Waals surface area (Å²) in [7, 11) is 0. The summed E-state index contributed by atoms with van der Waals surface area (Å²) >= 11 is 14.1. The molecule has 2 saturated heterocycles. The molecule has 0 saturated carbocycles. The summed E-state index contributed by atoms with van der Waals surface area (Å²) in [5.41, 5.74) is 3.02. The second-order valence-corrected chi connectivity index (χ2v) is 10.9. The van der Waals surface area contributed by atoms with Crippen molar-refractivity contribution in [2.24, 2.45) is 0 Å². The summed E-state index contributed by atoms with van der Waals surface area (Å²) in [6.45, 7) is 5.17. The van der Waals surface area contributed by atoms with Crippen LogP contribution in [0.4, 0.5) is 11.5 Å². The number of halogens is 2. The number of carbonyl (C=O) groups excluding carboxylic acids is 1. The minimum absolute atomic E-state index is 0.132. The summed E-state index contributed by atoms with van der Waals surface area (Å²) in [6, 6.07) is 17.7.